The molecule has 2 aromatic heterocycles. The van der Waals surface area contributed by atoms with E-state index in [0.29, 0.717) is 29.5 Å². The maximum atomic E-state index is 14.7. The average Bonchev–Trinajstić information content (AvgIpc) is 3.10. The molecule has 2 heterocycles. The molecular formula is C25H20F2N2O3. The molecular weight excluding hydrogens is 414 g/mol. The van der Waals surface area contributed by atoms with E-state index in [9.17, 15) is 18.4 Å². The number of nitrogens with zero attached hydrogens (tertiary/aromatic N) is 1. The van der Waals surface area contributed by atoms with Gasteiger partial charge in [-0.2, -0.15) is 0 Å². The summed E-state index contributed by atoms with van der Waals surface area (Å²) < 4.78 is 36.0. The van der Waals surface area contributed by atoms with E-state index in [1.165, 1.54) is 12.1 Å². The van der Waals surface area contributed by atoms with E-state index in [2.05, 4.69) is 0 Å². The van der Waals surface area contributed by atoms with Crippen molar-refractivity contribution in [2.45, 2.75) is 44.1 Å². The first-order chi connectivity index (χ1) is 15.4. The van der Waals surface area contributed by atoms with Gasteiger partial charge in [-0.15, -0.1) is 0 Å². The summed E-state index contributed by atoms with van der Waals surface area (Å²) in [6, 6.07) is 8.83. The van der Waals surface area contributed by atoms with Crippen molar-refractivity contribution in [3.63, 3.8) is 0 Å². The van der Waals surface area contributed by atoms with E-state index >= 15 is 0 Å². The molecule has 1 unspecified atom stereocenters. The fourth-order valence-corrected chi connectivity index (χ4v) is 5.05. The van der Waals surface area contributed by atoms with Gasteiger partial charge in [0, 0.05) is 23.4 Å². The van der Waals surface area contributed by atoms with Crippen LogP contribution in [0.3, 0.4) is 0 Å². The van der Waals surface area contributed by atoms with Crippen LogP contribution in [0.5, 0.6) is 0 Å². The normalized spacial score (nSPS) is 18.3. The molecule has 0 aliphatic heterocycles. The summed E-state index contributed by atoms with van der Waals surface area (Å²) in [6.45, 7) is 0. The largest absolute Gasteiger partial charge is 0.455 e. The Hall–Kier alpha value is -3.32. The Kier molecular flexibility index (Phi) is 4.14. The number of hydrogen-bond donors (Lipinski definition) is 1. The van der Waals surface area contributed by atoms with Gasteiger partial charge >= 0.3 is 0 Å². The highest BCUT2D eigenvalue weighted by atomic mass is 19.2. The van der Waals surface area contributed by atoms with Crippen molar-refractivity contribution in [1.29, 1.82) is 0 Å². The smallest absolute Gasteiger partial charge is 0.270 e. The van der Waals surface area contributed by atoms with Crippen LogP contribution in [0.25, 0.3) is 27.6 Å². The molecule has 1 atom stereocenters. The predicted octanol–water partition coefficient (Wildman–Crippen LogP) is 4.07. The van der Waals surface area contributed by atoms with Crippen molar-refractivity contribution in [3.05, 3.63) is 85.4 Å². The van der Waals surface area contributed by atoms with Crippen LogP contribution in [0.2, 0.25) is 0 Å². The summed E-state index contributed by atoms with van der Waals surface area (Å²) in [7, 11) is 0. The van der Waals surface area contributed by atoms with Crippen molar-refractivity contribution in [1.82, 2.24) is 4.57 Å². The molecule has 4 aromatic rings. The van der Waals surface area contributed by atoms with Gasteiger partial charge in [0.25, 0.3) is 5.56 Å². The van der Waals surface area contributed by atoms with Gasteiger partial charge in [0.2, 0.25) is 5.43 Å². The lowest BCUT2D eigenvalue weighted by Gasteiger charge is -2.28. The van der Waals surface area contributed by atoms with Crippen LogP contribution in [0, 0.1) is 11.6 Å². The van der Waals surface area contributed by atoms with Crippen LogP contribution in [0.1, 0.15) is 42.0 Å². The first kappa shape index (κ1) is 19.4. The molecule has 32 heavy (non-hydrogen) atoms. The number of aromatic nitrogens is 1. The van der Waals surface area contributed by atoms with Gasteiger partial charge in [-0.1, -0.05) is 18.6 Å². The SMILES string of the molecule is NC1Cc2ccc3c(=O)c4c(=O)n(-c5cccc(F)c5F)c(C5CCC5)cc4oc3c2C1. The Morgan fingerprint density at radius 3 is 2.62 bits per heavy atom. The van der Waals surface area contributed by atoms with Gasteiger partial charge in [0.05, 0.1) is 11.1 Å². The second-order valence-electron chi connectivity index (χ2n) is 8.83. The minimum absolute atomic E-state index is 0.00526. The summed E-state index contributed by atoms with van der Waals surface area (Å²) in [6.07, 6.45) is 3.94. The molecule has 162 valence electrons. The highest BCUT2D eigenvalue weighted by molar-refractivity contribution is 5.92. The van der Waals surface area contributed by atoms with Crippen molar-refractivity contribution in [2.24, 2.45) is 5.73 Å². The third-order valence-corrected chi connectivity index (χ3v) is 6.89. The molecule has 1 fully saturated rings. The monoisotopic (exact) mass is 434 g/mol. The van der Waals surface area contributed by atoms with Gasteiger partial charge in [0.15, 0.2) is 11.6 Å². The van der Waals surface area contributed by atoms with Gasteiger partial charge in [-0.05, 0) is 55.4 Å². The maximum Gasteiger partial charge on any atom is 0.270 e. The Morgan fingerprint density at radius 1 is 1.06 bits per heavy atom. The standard InChI is InChI=1S/C25H20F2N2O3/c26-17-5-2-6-18(22(17)27)29-19(12-3-1-4-12)11-20-21(25(29)31)23(30)15-8-7-13-9-14(28)10-16(13)24(15)32-20/h2,5-8,11-12,14H,1,3-4,9-10,28H2. The van der Waals surface area contributed by atoms with E-state index in [1.807, 2.05) is 6.07 Å². The summed E-state index contributed by atoms with van der Waals surface area (Å²) in [5, 5.41) is 0.136. The minimum atomic E-state index is -1.12. The number of fused-ring (bicyclic) bond motifs is 4. The van der Waals surface area contributed by atoms with Gasteiger partial charge < -0.3 is 10.2 Å². The van der Waals surface area contributed by atoms with Crippen LogP contribution in [-0.2, 0) is 12.8 Å². The van der Waals surface area contributed by atoms with E-state index < -0.39 is 22.6 Å². The van der Waals surface area contributed by atoms with E-state index in [-0.39, 0.29) is 28.6 Å². The van der Waals surface area contributed by atoms with Gasteiger partial charge in [-0.3, -0.25) is 14.2 Å². The molecule has 0 saturated heterocycles. The fraction of sp³-hybridized carbons (Fsp3) is 0.280. The summed E-state index contributed by atoms with van der Waals surface area (Å²) in [5.41, 5.74) is 7.87. The number of benzene rings is 2. The Balaban J connectivity index is 1.74. The van der Waals surface area contributed by atoms with Crippen molar-refractivity contribution in [3.8, 4) is 5.69 Å². The molecule has 5 nitrogen and oxygen atoms in total. The predicted molar refractivity (Wildman–Crippen MR) is 117 cm³/mol. The van der Waals surface area contributed by atoms with Gasteiger partial charge in [0.1, 0.15) is 16.6 Å². The lowest BCUT2D eigenvalue weighted by Crippen LogP contribution is -2.29. The van der Waals surface area contributed by atoms with Crippen LogP contribution >= 0.6 is 0 Å². The average molecular weight is 434 g/mol. The fourth-order valence-electron chi connectivity index (χ4n) is 5.05. The topological polar surface area (TPSA) is 78.2 Å². The molecule has 0 spiro atoms. The highest BCUT2D eigenvalue weighted by Crippen LogP contribution is 2.38. The highest BCUT2D eigenvalue weighted by Gasteiger charge is 2.29. The Labute approximate surface area is 181 Å². The maximum absolute atomic E-state index is 14.7. The third kappa shape index (κ3) is 2.64. The lowest BCUT2D eigenvalue weighted by molar-refractivity contribution is 0.402. The van der Waals surface area contributed by atoms with Crippen LogP contribution in [0.4, 0.5) is 8.78 Å². The molecule has 7 heteroatoms. The first-order valence-corrected chi connectivity index (χ1v) is 10.8. The van der Waals surface area contributed by atoms with Gasteiger partial charge in [-0.25, -0.2) is 8.78 Å². The number of rotatable bonds is 2. The Bertz CT molecular complexity index is 1550. The molecule has 1 saturated carbocycles. The zero-order valence-electron chi connectivity index (χ0n) is 17.2. The quantitative estimate of drug-likeness (QED) is 0.483. The number of pyridine rings is 1. The number of hydrogen-bond acceptors (Lipinski definition) is 4. The molecule has 2 aliphatic rings. The van der Waals surface area contributed by atoms with E-state index in [4.69, 9.17) is 10.2 Å². The summed E-state index contributed by atoms with van der Waals surface area (Å²) in [4.78, 5) is 27.0. The second kappa shape index (κ2) is 6.84. The second-order valence-corrected chi connectivity index (χ2v) is 8.83. The molecule has 0 radical (unpaired) electrons. The zero-order chi connectivity index (χ0) is 22.1. The van der Waals surface area contributed by atoms with Crippen LogP contribution < -0.4 is 16.7 Å². The first-order valence-electron chi connectivity index (χ1n) is 10.8. The molecule has 2 aliphatic carbocycles. The molecule has 2 N–H and O–H groups in total. The van der Waals surface area contributed by atoms with E-state index in [0.717, 1.165) is 41.0 Å². The minimum Gasteiger partial charge on any atom is -0.455 e. The molecule has 6 rings (SSSR count). The molecule has 0 bridgehead atoms. The molecule has 2 aromatic carbocycles. The van der Waals surface area contributed by atoms with Crippen LogP contribution in [-0.4, -0.2) is 10.6 Å². The number of halogens is 2. The number of nitrogens with two attached hydrogens (primary N) is 1. The zero-order valence-corrected chi connectivity index (χ0v) is 17.2. The third-order valence-electron chi connectivity index (χ3n) is 6.89. The van der Waals surface area contributed by atoms with Crippen molar-refractivity contribution in [2.75, 3.05) is 0 Å². The Morgan fingerprint density at radius 2 is 1.88 bits per heavy atom. The van der Waals surface area contributed by atoms with Crippen molar-refractivity contribution >= 4 is 21.9 Å². The summed E-state index contributed by atoms with van der Waals surface area (Å²) in [5.74, 6) is -2.16. The van der Waals surface area contributed by atoms with Crippen LogP contribution in [0.15, 0.2) is 50.4 Å². The van der Waals surface area contributed by atoms with E-state index in [1.54, 1.807) is 12.1 Å². The molecule has 0 amide bonds. The summed E-state index contributed by atoms with van der Waals surface area (Å²) >= 11 is 0. The van der Waals surface area contributed by atoms with Crippen molar-refractivity contribution < 1.29 is 13.2 Å². The lowest BCUT2D eigenvalue weighted by atomic mass is 9.82.